The zero-order valence-electron chi connectivity index (χ0n) is 9.89. The van der Waals surface area contributed by atoms with E-state index in [0.29, 0.717) is 10.6 Å². The normalized spacial score (nSPS) is 13.2. The highest BCUT2D eigenvalue weighted by atomic mass is 127. The average molecular weight is 382 g/mol. The summed E-state index contributed by atoms with van der Waals surface area (Å²) in [7, 11) is 1.59. The van der Waals surface area contributed by atoms with Crippen LogP contribution in [0.4, 0.5) is 0 Å². The van der Waals surface area contributed by atoms with Gasteiger partial charge in [0.2, 0.25) is 0 Å². The van der Waals surface area contributed by atoms with Crippen molar-refractivity contribution in [3.63, 3.8) is 0 Å². The Morgan fingerprint density at radius 2 is 2.22 bits per heavy atom. The lowest BCUT2D eigenvalue weighted by Gasteiger charge is -2.24. The molecule has 0 heterocycles. The van der Waals surface area contributed by atoms with Gasteiger partial charge in [-0.2, -0.15) is 0 Å². The van der Waals surface area contributed by atoms with Crippen LogP contribution in [-0.4, -0.2) is 34.9 Å². The Labute approximate surface area is 124 Å². The maximum absolute atomic E-state index is 12.2. The first kappa shape index (κ1) is 15.0. The van der Waals surface area contributed by atoms with Crippen LogP contribution >= 0.6 is 34.2 Å². The summed E-state index contributed by atoms with van der Waals surface area (Å²) < 4.78 is 0.792. The minimum Gasteiger partial charge on any atom is -0.409 e. The molecule has 0 saturated heterocycles. The smallest absolute Gasteiger partial charge is 0.255 e. The predicted molar refractivity (Wildman–Crippen MR) is 79.1 cm³/mol. The van der Waals surface area contributed by atoms with Gasteiger partial charge in [-0.25, -0.2) is 0 Å². The van der Waals surface area contributed by atoms with Gasteiger partial charge in [-0.1, -0.05) is 16.8 Å². The molecule has 1 unspecified atom stereocenters. The molecule has 1 amide bonds. The molecule has 1 rings (SSSR count). The van der Waals surface area contributed by atoms with Crippen LogP contribution in [0, 0.1) is 3.57 Å². The molecule has 0 spiro atoms. The lowest BCUT2D eigenvalue weighted by Crippen LogP contribution is -2.44. The molecular weight excluding hydrogens is 368 g/mol. The van der Waals surface area contributed by atoms with Gasteiger partial charge in [0.1, 0.15) is 0 Å². The molecule has 0 fully saturated rings. The highest BCUT2D eigenvalue weighted by molar-refractivity contribution is 14.1. The molecule has 1 aromatic carbocycles. The number of benzene rings is 1. The van der Waals surface area contributed by atoms with E-state index in [0.717, 1.165) is 3.57 Å². The lowest BCUT2D eigenvalue weighted by atomic mass is 10.1. The van der Waals surface area contributed by atoms with Gasteiger partial charge in [0.05, 0.1) is 11.6 Å². The van der Waals surface area contributed by atoms with Gasteiger partial charge in [0.25, 0.3) is 5.91 Å². The van der Waals surface area contributed by atoms with Crippen LogP contribution in [0.2, 0.25) is 5.02 Å². The average Bonchev–Trinajstić information content (AvgIpc) is 2.38. The van der Waals surface area contributed by atoms with Crippen molar-refractivity contribution in [3.8, 4) is 0 Å². The zero-order valence-corrected chi connectivity index (χ0v) is 12.8. The number of nitrogens with zero attached hydrogens (tertiary/aromatic N) is 2. The molecule has 1 aromatic rings. The molecule has 3 N–H and O–H groups in total. The summed E-state index contributed by atoms with van der Waals surface area (Å²) in [6.45, 7) is 1.67. The van der Waals surface area contributed by atoms with Gasteiger partial charge < -0.3 is 15.8 Å². The van der Waals surface area contributed by atoms with Crippen LogP contribution in [0.15, 0.2) is 23.4 Å². The minimum atomic E-state index is -0.503. The van der Waals surface area contributed by atoms with Crippen LogP contribution in [-0.2, 0) is 0 Å². The molecule has 0 aliphatic carbocycles. The van der Waals surface area contributed by atoms with E-state index in [1.165, 1.54) is 4.90 Å². The molecule has 0 aliphatic rings. The maximum Gasteiger partial charge on any atom is 0.255 e. The molecule has 0 aromatic heterocycles. The second-order valence-electron chi connectivity index (χ2n) is 3.74. The summed E-state index contributed by atoms with van der Waals surface area (Å²) >= 11 is 7.93. The Morgan fingerprint density at radius 3 is 2.78 bits per heavy atom. The third-order valence-corrected chi connectivity index (χ3v) is 3.78. The van der Waals surface area contributed by atoms with Gasteiger partial charge >= 0.3 is 0 Å². The third kappa shape index (κ3) is 3.26. The quantitative estimate of drug-likeness (QED) is 0.277. The second kappa shape index (κ2) is 6.24. The van der Waals surface area contributed by atoms with Gasteiger partial charge in [-0.3, -0.25) is 4.79 Å². The minimum absolute atomic E-state index is 0.0251. The Balaban J connectivity index is 3.03. The zero-order chi connectivity index (χ0) is 13.9. The van der Waals surface area contributed by atoms with E-state index in [-0.39, 0.29) is 11.7 Å². The maximum atomic E-state index is 12.2. The molecule has 5 nitrogen and oxygen atoms in total. The van der Waals surface area contributed by atoms with Crippen molar-refractivity contribution < 1.29 is 10.0 Å². The first-order valence-corrected chi connectivity index (χ1v) is 6.53. The molecule has 0 radical (unpaired) electrons. The number of rotatable bonds is 3. The standard InChI is InChI=1S/C11H13ClIN3O2/c1-6(10(14)15-18)16(2)11(17)8-5-7(12)3-4-9(8)13/h3-6,18H,1-2H3,(H2,14,15). The second-order valence-corrected chi connectivity index (χ2v) is 5.34. The van der Waals surface area contributed by atoms with Gasteiger partial charge in [-0.05, 0) is 47.7 Å². The molecule has 98 valence electrons. The topological polar surface area (TPSA) is 78.9 Å². The number of halogens is 2. The summed E-state index contributed by atoms with van der Waals surface area (Å²) in [5.74, 6) is -0.260. The number of amidine groups is 1. The molecule has 7 heteroatoms. The number of likely N-dealkylation sites (N-methyl/N-ethyl adjacent to an activating group) is 1. The number of nitrogens with two attached hydrogens (primary N) is 1. The van der Waals surface area contributed by atoms with E-state index in [1.54, 1.807) is 32.2 Å². The first-order valence-electron chi connectivity index (χ1n) is 5.08. The summed E-state index contributed by atoms with van der Waals surface area (Å²) in [6.07, 6.45) is 0. The molecular formula is C11H13ClIN3O2. The number of carbonyl (C=O) groups excluding carboxylic acids is 1. The van der Waals surface area contributed by atoms with Crippen molar-refractivity contribution in [2.24, 2.45) is 10.9 Å². The van der Waals surface area contributed by atoms with Gasteiger partial charge in [0.15, 0.2) is 5.84 Å². The number of amides is 1. The Morgan fingerprint density at radius 1 is 1.61 bits per heavy atom. The molecule has 0 bridgehead atoms. The Bertz CT molecular complexity index is 493. The third-order valence-electron chi connectivity index (χ3n) is 2.60. The molecule has 1 atom stereocenters. The van der Waals surface area contributed by atoms with Gasteiger partial charge in [-0.15, -0.1) is 0 Å². The van der Waals surface area contributed by atoms with Crippen LogP contribution in [0.5, 0.6) is 0 Å². The summed E-state index contributed by atoms with van der Waals surface area (Å²) in [6, 6.07) is 4.57. The molecule has 0 aliphatic heterocycles. The van der Waals surface area contributed by atoms with E-state index in [4.69, 9.17) is 22.5 Å². The largest absolute Gasteiger partial charge is 0.409 e. The van der Waals surface area contributed by atoms with Crippen LogP contribution in [0.1, 0.15) is 17.3 Å². The van der Waals surface area contributed by atoms with Crippen molar-refractivity contribution >= 4 is 45.9 Å². The van der Waals surface area contributed by atoms with Crippen LogP contribution in [0.3, 0.4) is 0 Å². The number of hydrogen-bond donors (Lipinski definition) is 2. The molecule has 0 saturated carbocycles. The monoisotopic (exact) mass is 381 g/mol. The fourth-order valence-electron chi connectivity index (χ4n) is 1.31. The van der Waals surface area contributed by atoms with E-state index in [2.05, 4.69) is 27.7 Å². The number of oxime groups is 1. The Kier molecular flexibility index (Phi) is 5.21. The summed E-state index contributed by atoms with van der Waals surface area (Å²) in [4.78, 5) is 13.6. The number of carbonyl (C=O) groups is 1. The van der Waals surface area contributed by atoms with Crippen LogP contribution < -0.4 is 5.73 Å². The lowest BCUT2D eigenvalue weighted by molar-refractivity contribution is 0.0775. The SMILES string of the molecule is CC(/C(N)=N/O)N(C)C(=O)c1cc(Cl)ccc1I. The van der Waals surface area contributed by atoms with E-state index in [9.17, 15) is 4.79 Å². The van der Waals surface area contributed by atoms with Gasteiger partial charge in [0, 0.05) is 15.6 Å². The predicted octanol–water partition coefficient (Wildman–Crippen LogP) is 2.15. The van der Waals surface area contributed by atoms with Crippen molar-refractivity contribution in [3.05, 3.63) is 32.4 Å². The van der Waals surface area contributed by atoms with Crippen LogP contribution in [0.25, 0.3) is 0 Å². The van der Waals surface area contributed by atoms with E-state index < -0.39 is 6.04 Å². The highest BCUT2D eigenvalue weighted by Gasteiger charge is 2.22. The summed E-state index contributed by atoms with van der Waals surface area (Å²) in [5, 5.41) is 12.0. The molecule has 18 heavy (non-hydrogen) atoms. The summed E-state index contributed by atoms with van der Waals surface area (Å²) in [5.41, 5.74) is 5.97. The first-order chi connectivity index (χ1) is 8.38. The fourth-order valence-corrected chi connectivity index (χ4v) is 2.05. The fraction of sp³-hybridized carbons (Fsp3) is 0.273. The van der Waals surface area contributed by atoms with E-state index in [1.807, 2.05) is 0 Å². The van der Waals surface area contributed by atoms with Crippen molar-refractivity contribution in [2.45, 2.75) is 13.0 Å². The van der Waals surface area contributed by atoms with Crippen molar-refractivity contribution in [1.82, 2.24) is 4.90 Å². The Hall–Kier alpha value is -1.02. The highest BCUT2D eigenvalue weighted by Crippen LogP contribution is 2.19. The van der Waals surface area contributed by atoms with Crippen molar-refractivity contribution in [2.75, 3.05) is 7.05 Å². The van der Waals surface area contributed by atoms with Crippen molar-refractivity contribution in [1.29, 1.82) is 0 Å². The van der Waals surface area contributed by atoms with E-state index >= 15 is 0 Å². The number of hydrogen-bond acceptors (Lipinski definition) is 3.